The highest BCUT2D eigenvalue weighted by molar-refractivity contribution is 7.98. The van der Waals surface area contributed by atoms with E-state index < -0.39 is 5.82 Å². The van der Waals surface area contributed by atoms with Gasteiger partial charge in [0, 0.05) is 18.1 Å². The first kappa shape index (κ1) is 16.6. The quantitative estimate of drug-likeness (QED) is 0.844. The van der Waals surface area contributed by atoms with Crippen molar-refractivity contribution in [1.82, 2.24) is 4.98 Å². The van der Waals surface area contributed by atoms with Gasteiger partial charge in [0.15, 0.2) is 11.6 Å². The minimum Gasteiger partial charge on any atom is -0.348 e. The minimum absolute atomic E-state index is 0.0196. The van der Waals surface area contributed by atoms with Gasteiger partial charge in [0.25, 0.3) is 0 Å². The van der Waals surface area contributed by atoms with Crippen LogP contribution >= 0.6 is 23.4 Å². The predicted octanol–water partition coefficient (Wildman–Crippen LogP) is 3.67. The first-order chi connectivity index (χ1) is 10.5. The van der Waals surface area contributed by atoms with Crippen LogP contribution in [0.15, 0.2) is 41.4 Å². The maximum absolute atomic E-state index is 13.8. The number of benzene rings is 1. The first-order valence-electron chi connectivity index (χ1n) is 6.46. The Kier molecular flexibility index (Phi) is 5.63. The summed E-state index contributed by atoms with van der Waals surface area (Å²) in [6, 6.07) is 8.66. The summed E-state index contributed by atoms with van der Waals surface area (Å²) in [5.41, 5.74) is 0.734. The number of hydrogen-bond acceptors (Lipinski definition) is 4. The Morgan fingerprint density at radius 2 is 2.18 bits per heavy atom. The van der Waals surface area contributed by atoms with E-state index in [1.165, 1.54) is 17.2 Å². The molecule has 0 unspecified atom stereocenters. The minimum atomic E-state index is -0.563. The van der Waals surface area contributed by atoms with Gasteiger partial charge in [-0.2, -0.15) is 0 Å². The molecule has 1 N–H and O–H groups in total. The number of thioether (sulfide) groups is 1. The Balaban J connectivity index is 2.05. The summed E-state index contributed by atoms with van der Waals surface area (Å²) in [5.74, 6) is -0.731. The van der Waals surface area contributed by atoms with Gasteiger partial charge in [-0.05, 0) is 24.5 Å². The van der Waals surface area contributed by atoms with E-state index in [1.54, 1.807) is 18.8 Å². The standard InChI is InChI=1S/C15H15ClFN3OS/c1-20(15-11(17)7-10(16)8-18-15)9-14(21)19-12-5-3-4-6-13(12)22-2/h3-8H,9H2,1-2H3,(H,19,21). The summed E-state index contributed by atoms with van der Waals surface area (Å²) in [6.45, 7) is -0.0196. The fourth-order valence-electron chi connectivity index (χ4n) is 1.92. The number of anilines is 2. The van der Waals surface area contributed by atoms with Crippen molar-refractivity contribution in [1.29, 1.82) is 0 Å². The van der Waals surface area contributed by atoms with Crippen molar-refractivity contribution in [3.63, 3.8) is 0 Å². The van der Waals surface area contributed by atoms with Gasteiger partial charge >= 0.3 is 0 Å². The second kappa shape index (κ2) is 7.47. The zero-order chi connectivity index (χ0) is 16.1. The van der Waals surface area contributed by atoms with Crippen molar-refractivity contribution < 1.29 is 9.18 Å². The predicted molar refractivity (Wildman–Crippen MR) is 89.3 cm³/mol. The van der Waals surface area contributed by atoms with E-state index in [1.807, 2.05) is 30.5 Å². The summed E-state index contributed by atoms with van der Waals surface area (Å²) >= 11 is 7.21. The van der Waals surface area contributed by atoms with Crippen LogP contribution in [0, 0.1) is 5.82 Å². The van der Waals surface area contributed by atoms with Gasteiger partial charge in [-0.3, -0.25) is 4.79 Å². The van der Waals surface area contributed by atoms with Gasteiger partial charge in [0.05, 0.1) is 17.3 Å². The normalized spacial score (nSPS) is 10.4. The van der Waals surface area contributed by atoms with E-state index in [9.17, 15) is 9.18 Å². The zero-order valence-electron chi connectivity index (χ0n) is 12.1. The van der Waals surface area contributed by atoms with Crippen molar-refractivity contribution in [2.75, 3.05) is 30.1 Å². The van der Waals surface area contributed by atoms with Gasteiger partial charge in [0.1, 0.15) is 0 Å². The molecule has 1 heterocycles. The van der Waals surface area contributed by atoms with Crippen molar-refractivity contribution in [3.05, 3.63) is 47.4 Å². The zero-order valence-corrected chi connectivity index (χ0v) is 13.7. The largest absolute Gasteiger partial charge is 0.348 e. The van der Waals surface area contributed by atoms with E-state index in [0.717, 1.165) is 10.6 Å². The van der Waals surface area contributed by atoms with Crippen LogP contribution in [0.5, 0.6) is 0 Å². The molecule has 0 spiro atoms. The number of amides is 1. The van der Waals surface area contributed by atoms with Gasteiger partial charge in [-0.15, -0.1) is 11.8 Å². The maximum Gasteiger partial charge on any atom is 0.243 e. The number of likely N-dealkylation sites (N-methyl/N-ethyl adjacent to an activating group) is 1. The second-order valence-corrected chi connectivity index (χ2v) is 5.85. The lowest BCUT2D eigenvalue weighted by molar-refractivity contribution is -0.114. The lowest BCUT2D eigenvalue weighted by Gasteiger charge is -2.18. The first-order valence-corrected chi connectivity index (χ1v) is 8.06. The molecule has 1 aromatic carbocycles. The van der Waals surface area contributed by atoms with E-state index in [4.69, 9.17) is 11.6 Å². The summed E-state index contributed by atoms with van der Waals surface area (Å²) in [7, 11) is 1.60. The molecule has 2 rings (SSSR count). The molecule has 0 fully saturated rings. The number of aromatic nitrogens is 1. The van der Waals surface area contributed by atoms with E-state index >= 15 is 0 Å². The lowest BCUT2D eigenvalue weighted by Crippen LogP contribution is -2.31. The molecule has 22 heavy (non-hydrogen) atoms. The van der Waals surface area contributed by atoms with Crippen LogP contribution in [0.1, 0.15) is 0 Å². The van der Waals surface area contributed by atoms with E-state index in [2.05, 4.69) is 10.3 Å². The number of carbonyl (C=O) groups excluding carboxylic acids is 1. The van der Waals surface area contributed by atoms with E-state index in [-0.39, 0.29) is 23.3 Å². The Labute approximate surface area is 137 Å². The Bertz CT molecular complexity index is 684. The van der Waals surface area contributed by atoms with Crippen LogP contribution in [0.4, 0.5) is 15.9 Å². The maximum atomic E-state index is 13.8. The number of carbonyl (C=O) groups is 1. The van der Waals surface area contributed by atoms with Gasteiger partial charge in [0.2, 0.25) is 5.91 Å². The van der Waals surface area contributed by atoms with Gasteiger partial charge < -0.3 is 10.2 Å². The highest BCUT2D eigenvalue weighted by Crippen LogP contribution is 2.24. The molecule has 0 aliphatic carbocycles. The molecule has 7 heteroatoms. The summed E-state index contributed by atoms with van der Waals surface area (Å²) < 4.78 is 13.8. The summed E-state index contributed by atoms with van der Waals surface area (Å²) in [5, 5.41) is 3.03. The third-order valence-electron chi connectivity index (χ3n) is 2.91. The van der Waals surface area contributed by atoms with Gasteiger partial charge in [-0.1, -0.05) is 23.7 Å². The topological polar surface area (TPSA) is 45.2 Å². The molecular weight excluding hydrogens is 325 g/mol. The van der Waals surface area contributed by atoms with Crippen molar-refractivity contribution in [3.8, 4) is 0 Å². The molecule has 0 aliphatic heterocycles. The smallest absolute Gasteiger partial charge is 0.243 e. The molecule has 2 aromatic rings. The fraction of sp³-hybridized carbons (Fsp3) is 0.200. The third-order valence-corrected chi connectivity index (χ3v) is 3.91. The molecule has 4 nitrogen and oxygen atoms in total. The van der Waals surface area contributed by atoms with Crippen molar-refractivity contribution >= 4 is 40.8 Å². The highest BCUT2D eigenvalue weighted by atomic mass is 35.5. The van der Waals surface area contributed by atoms with Crippen molar-refractivity contribution in [2.24, 2.45) is 0 Å². The highest BCUT2D eigenvalue weighted by Gasteiger charge is 2.14. The average molecular weight is 340 g/mol. The molecule has 0 radical (unpaired) electrons. The number of hydrogen-bond donors (Lipinski definition) is 1. The van der Waals surface area contributed by atoms with Crippen molar-refractivity contribution in [2.45, 2.75) is 4.90 Å². The molecule has 0 saturated carbocycles. The number of rotatable bonds is 5. The number of para-hydroxylation sites is 1. The Hall–Kier alpha value is -1.79. The number of nitrogens with zero attached hydrogens (tertiary/aromatic N) is 2. The SMILES string of the molecule is CSc1ccccc1NC(=O)CN(C)c1ncc(Cl)cc1F. The number of halogens is 2. The molecule has 0 bridgehead atoms. The number of pyridine rings is 1. The van der Waals surface area contributed by atoms with Crippen LogP contribution in [0.2, 0.25) is 5.02 Å². The third kappa shape index (κ3) is 4.11. The van der Waals surface area contributed by atoms with Crippen LogP contribution in [0.25, 0.3) is 0 Å². The summed E-state index contributed by atoms with van der Waals surface area (Å²) in [6.07, 6.45) is 3.28. The molecular formula is C15H15ClFN3OS. The van der Waals surface area contributed by atoms with Crippen LogP contribution in [-0.2, 0) is 4.79 Å². The Morgan fingerprint density at radius 1 is 1.45 bits per heavy atom. The van der Waals surface area contributed by atoms with Gasteiger partial charge in [-0.25, -0.2) is 9.37 Å². The Morgan fingerprint density at radius 3 is 2.86 bits per heavy atom. The molecule has 0 atom stereocenters. The van der Waals surface area contributed by atoms with Crippen LogP contribution < -0.4 is 10.2 Å². The molecule has 0 saturated heterocycles. The molecule has 1 amide bonds. The second-order valence-electron chi connectivity index (χ2n) is 4.56. The number of nitrogens with one attached hydrogen (secondary N) is 1. The lowest BCUT2D eigenvalue weighted by atomic mass is 10.3. The van der Waals surface area contributed by atoms with Crippen LogP contribution in [-0.4, -0.2) is 30.7 Å². The molecule has 0 aliphatic rings. The molecule has 1 aromatic heterocycles. The summed E-state index contributed by atoms with van der Waals surface area (Å²) in [4.78, 5) is 18.4. The molecule has 116 valence electrons. The fourth-order valence-corrected chi connectivity index (χ4v) is 2.61. The average Bonchev–Trinajstić information content (AvgIpc) is 2.47. The monoisotopic (exact) mass is 339 g/mol. The van der Waals surface area contributed by atoms with E-state index in [0.29, 0.717) is 0 Å². The van der Waals surface area contributed by atoms with Crippen LogP contribution in [0.3, 0.4) is 0 Å².